The van der Waals surface area contributed by atoms with E-state index in [2.05, 4.69) is 26.2 Å². The number of amides is 1. The van der Waals surface area contributed by atoms with Gasteiger partial charge in [-0.25, -0.2) is 0 Å². The molecule has 0 saturated carbocycles. The van der Waals surface area contributed by atoms with Gasteiger partial charge in [0.2, 0.25) is 0 Å². The molecule has 10 heteroatoms. The highest BCUT2D eigenvalue weighted by Gasteiger charge is 2.30. The van der Waals surface area contributed by atoms with E-state index in [1.807, 2.05) is 13.0 Å². The Kier molecular flexibility index (Phi) is 5.30. The molecular weight excluding hydrogens is 373 g/mol. The smallest absolute Gasteiger partial charge is 0.377 e. The number of benzene rings is 2. The summed E-state index contributed by atoms with van der Waals surface area (Å²) < 4.78 is 39.5. The molecule has 0 radical (unpaired) electrons. The van der Waals surface area contributed by atoms with Gasteiger partial charge in [-0.1, -0.05) is 6.07 Å². The maximum Gasteiger partial charge on any atom is 0.416 e. The van der Waals surface area contributed by atoms with Crippen molar-refractivity contribution >= 4 is 11.6 Å². The van der Waals surface area contributed by atoms with Gasteiger partial charge >= 0.3 is 6.18 Å². The topological polar surface area (TPSA) is 84.7 Å². The summed E-state index contributed by atoms with van der Waals surface area (Å²) in [5, 5.41) is 17.1. The van der Waals surface area contributed by atoms with Gasteiger partial charge in [-0.3, -0.25) is 4.79 Å². The largest absolute Gasteiger partial charge is 0.416 e. The highest BCUT2D eigenvalue weighted by atomic mass is 19.4. The second kappa shape index (κ2) is 7.67. The average molecular weight is 390 g/mol. The van der Waals surface area contributed by atoms with Crippen molar-refractivity contribution in [2.45, 2.75) is 19.6 Å². The summed E-state index contributed by atoms with van der Waals surface area (Å²) in [7, 11) is 1.56. The van der Waals surface area contributed by atoms with Crippen LogP contribution in [0.2, 0.25) is 0 Å². The number of hydrogen-bond acceptors (Lipinski definition) is 5. The molecule has 1 heterocycles. The van der Waals surface area contributed by atoms with Gasteiger partial charge in [-0.15, -0.1) is 5.10 Å². The predicted octanol–water partition coefficient (Wildman–Crippen LogP) is 2.96. The lowest BCUT2D eigenvalue weighted by Gasteiger charge is -2.13. The minimum Gasteiger partial charge on any atom is -0.377 e. The molecule has 0 spiro atoms. The number of nitrogens with one attached hydrogen (secondary N) is 2. The summed E-state index contributed by atoms with van der Waals surface area (Å²) in [5.74, 6) is 0.209. The molecule has 0 aliphatic rings. The van der Waals surface area contributed by atoms with Crippen LogP contribution in [0.1, 0.15) is 27.3 Å². The second-order valence-electron chi connectivity index (χ2n) is 5.96. The summed E-state index contributed by atoms with van der Waals surface area (Å²) in [6, 6.07) is 9.84. The molecule has 0 aliphatic carbocycles. The van der Waals surface area contributed by atoms with Crippen LogP contribution in [0, 0.1) is 6.92 Å². The minimum atomic E-state index is -4.41. The lowest BCUT2D eigenvalue weighted by atomic mass is 10.1. The molecule has 0 saturated heterocycles. The first-order valence-electron chi connectivity index (χ1n) is 8.31. The summed E-state index contributed by atoms with van der Waals surface area (Å²) in [5.41, 5.74) is 1.68. The summed E-state index contributed by atoms with van der Waals surface area (Å²) >= 11 is 0. The van der Waals surface area contributed by atoms with Gasteiger partial charge in [-0.2, -0.15) is 17.9 Å². The lowest BCUT2D eigenvalue weighted by Crippen LogP contribution is -2.19. The van der Waals surface area contributed by atoms with Gasteiger partial charge in [0.1, 0.15) is 0 Å². The predicted molar refractivity (Wildman–Crippen MR) is 96.1 cm³/mol. The van der Waals surface area contributed by atoms with Crippen LogP contribution in [0.25, 0.3) is 5.69 Å². The molecular formula is C18H17F3N6O. The van der Waals surface area contributed by atoms with E-state index in [0.29, 0.717) is 17.1 Å². The van der Waals surface area contributed by atoms with E-state index < -0.39 is 11.7 Å². The Labute approximate surface area is 158 Å². The van der Waals surface area contributed by atoms with E-state index in [0.717, 1.165) is 23.4 Å². The van der Waals surface area contributed by atoms with E-state index in [-0.39, 0.29) is 12.5 Å². The Morgan fingerprint density at radius 3 is 2.50 bits per heavy atom. The highest BCUT2D eigenvalue weighted by Crippen LogP contribution is 2.29. The highest BCUT2D eigenvalue weighted by molar-refractivity contribution is 5.96. The van der Waals surface area contributed by atoms with Crippen LogP contribution in [-0.2, 0) is 12.7 Å². The summed E-state index contributed by atoms with van der Waals surface area (Å²) in [4.78, 5) is 11.9. The molecule has 3 aromatic rings. The Morgan fingerprint density at radius 1 is 1.14 bits per heavy atom. The molecule has 1 aromatic heterocycles. The van der Waals surface area contributed by atoms with Crippen molar-refractivity contribution < 1.29 is 18.0 Å². The Balaban J connectivity index is 1.80. The Morgan fingerprint density at radius 2 is 1.86 bits per heavy atom. The number of alkyl halides is 3. The van der Waals surface area contributed by atoms with Crippen LogP contribution in [0.4, 0.5) is 18.9 Å². The van der Waals surface area contributed by atoms with E-state index in [9.17, 15) is 18.0 Å². The monoisotopic (exact) mass is 390 g/mol. The van der Waals surface area contributed by atoms with Crippen molar-refractivity contribution in [1.29, 1.82) is 0 Å². The molecule has 0 unspecified atom stereocenters. The van der Waals surface area contributed by atoms with Gasteiger partial charge in [0.25, 0.3) is 5.91 Å². The molecule has 28 heavy (non-hydrogen) atoms. The molecule has 2 N–H and O–H groups in total. The van der Waals surface area contributed by atoms with E-state index in [1.54, 1.807) is 19.2 Å². The van der Waals surface area contributed by atoms with Gasteiger partial charge in [-0.05, 0) is 59.3 Å². The van der Waals surface area contributed by atoms with Gasteiger partial charge in [0.05, 0.1) is 17.8 Å². The van der Waals surface area contributed by atoms with Gasteiger partial charge in [0.15, 0.2) is 5.82 Å². The van der Waals surface area contributed by atoms with Crippen LogP contribution in [0.5, 0.6) is 0 Å². The standard InChI is InChI=1S/C18H17F3N6O/c1-11-14(17(28)22-2)4-3-5-15(11)23-10-16-24-25-26-27(16)13-8-6-12(7-9-13)18(19,20)21/h3-9,23H,10H2,1-2H3,(H,22,28). The zero-order valence-electron chi connectivity index (χ0n) is 15.1. The zero-order chi connectivity index (χ0) is 20.3. The van der Waals surface area contributed by atoms with Crippen molar-refractivity contribution in [3.8, 4) is 5.69 Å². The number of aromatic nitrogens is 4. The van der Waals surface area contributed by atoms with Crippen LogP contribution >= 0.6 is 0 Å². The molecule has 7 nitrogen and oxygen atoms in total. The molecule has 146 valence electrons. The third kappa shape index (κ3) is 3.95. The number of halogens is 3. The molecule has 0 aliphatic heterocycles. The van der Waals surface area contributed by atoms with Crippen LogP contribution < -0.4 is 10.6 Å². The van der Waals surface area contributed by atoms with E-state index in [4.69, 9.17) is 0 Å². The third-order valence-corrected chi connectivity index (χ3v) is 4.22. The van der Waals surface area contributed by atoms with Crippen LogP contribution in [0.15, 0.2) is 42.5 Å². The third-order valence-electron chi connectivity index (χ3n) is 4.22. The van der Waals surface area contributed by atoms with Crippen molar-refractivity contribution in [1.82, 2.24) is 25.5 Å². The molecule has 2 aromatic carbocycles. The second-order valence-corrected chi connectivity index (χ2v) is 5.96. The van der Waals surface area contributed by atoms with E-state index in [1.165, 1.54) is 16.8 Å². The quantitative estimate of drug-likeness (QED) is 0.700. The molecule has 0 atom stereocenters. The number of rotatable bonds is 5. The number of carbonyl (C=O) groups excluding carboxylic acids is 1. The number of hydrogen-bond donors (Lipinski definition) is 2. The van der Waals surface area contributed by atoms with E-state index >= 15 is 0 Å². The van der Waals surface area contributed by atoms with Crippen LogP contribution in [0.3, 0.4) is 0 Å². The normalized spacial score (nSPS) is 11.3. The SMILES string of the molecule is CNC(=O)c1cccc(NCc2nnnn2-c2ccc(C(F)(F)F)cc2)c1C. The first kappa shape index (κ1) is 19.3. The molecule has 0 bridgehead atoms. The lowest BCUT2D eigenvalue weighted by molar-refractivity contribution is -0.137. The fraction of sp³-hybridized carbons (Fsp3) is 0.222. The van der Waals surface area contributed by atoms with Crippen molar-refractivity contribution in [3.05, 3.63) is 65.0 Å². The van der Waals surface area contributed by atoms with Crippen molar-refractivity contribution in [2.24, 2.45) is 0 Å². The minimum absolute atomic E-state index is 0.198. The molecule has 0 fully saturated rings. The Bertz CT molecular complexity index is 982. The number of carbonyl (C=O) groups is 1. The fourth-order valence-corrected chi connectivity index (χ4v) is 2.69. The van der Waals surface area contributed by atoms with Crippen LogP contribution in [-0.4, -0.2) is 33.2 Å². The first-order chi connectivity index (χ1) is 13.3. The summed E-state index contributed by atoms with van der Waals surface area (Å²) in [6.07, 6.45) is -4.41. The molecule has 3 rings (SSSR count). The molecule has 1 amide bonds. The average Bonchev–Trinajstić information content (AvgIpc) is 3.14. The maximum atomic E-state index is 12.7. The number of tetrazole rings is 1. The van der Waals surface area contributed by atoms with Crippen molar-refractivity contribution in [3.63, 3.8) is 0 Å². The van der Waals surface area contributed by atoms with Gasteiger partial charge in [0, 0.05) is 18.3 Å². The first-order valence-corrected chi connectivity index (χ1v) is 8.31. The van der Waals surface area contributed by atoms with Gasteiger partial charge < -0.3 is 10.6 Å². The number of nitrogens with zero attached hydrogens (tertiary/aromatic N) is 4. The summed E-state index contributed by atoms with van der Waals surface area (Å²) in [6.45, 7) is 2.03. The zero-order valence-corrected chi connectivity index (χ0v) is 15.1. The number of anilines is 1. The maximum absolute atomic E-state index is 12.7. The fourth-order valence-electron chi connectivity index (χ4n) is 2.69. The Hall–Kier alpha value is -3.43. The van der Waals surface area contributed by atoms with Crippen molar-refractivity contribution in [2.75, 3.05) is 12.4 Å².